The number of halogens is 2. The van der Waals surface area contributed by atoms with Crippen LogP contribution in [0.1, 0.15) is 35.5 Å². The Morgan fingerprint density at radius 1 is 1.10 bits per heavy atom. The Morgan fingerprint density at radius 2 is 1.87 bits per heavy atom. The summed E-state index contributed by atoms with van der Waals surface area (Å²) in [5.74, 6) is -0.602. The highest BCUT2D eigenvalue weighted by Gasteiger charge is 2.27. The second-order valence-corrected chi connectivity index (χ2v) is 7.59. The summed E-state index contributed by atoms with van der Waals surface area (Å²) in [6, 6.07) is 12.7. The Kier molecular flexibility index (Phi) is 6.28. The van der Waals surface area contributed by atoms with Crippen LogP contribution in [0.3, 0.4) is 0 Å². The molecule has 4 rings (SSSR count). The van der Waals surface area contributed by atoms with Gasteiger partial charge in [-0.3, -0.25) is 4.79 Å². The fourth-order valence-electron chi connectivity index (χ4n) is 3.84. The number of Topliss-reactive ketones (excluding diaryl/α,β-unsaturated/α-hetero) is 1. The molecule has 156 valence electrons. The minimum atomic E-state index is -0.654. The lowest BCUT2D eigenvalue weighted by Crippen LogP contribution is -2.37. The largest absolute Gasteiger partial charge is 0.339 e. The minimum absolute atomic E-state index is 0.140. The molecule has 0 radical (unpaired) electrons. The molecule has 1 fully saturated rings. The molecule has 2 heterocycles. The van der Waals surface area contributed by atoms with Crippen LogP contribution in [-0.4, -0.2) is 40.5 Å². The molecule has 7 heteroatoms. The van der Waals surface area contributed by atoms with E-state index in [9.17, 15) is 13.6 Å². The summed E-state index contributed by atoms with van der Waals surface area (Å²) in [4.78, 5) is 19.3. The summed E-state index contributed by atoms with van der Waals surface area (Å²) in [6.45, 7) is 2.37. The first-order chi connectivity index (χ1) is 14.6. The summed E-state index contributed by atoms with van der Waals surface area (Å²) in [6.07, 6.45) is 2.85. The smallest absolute Gasteiger partial charge is 0.227 e. The maximum atomic E-state index is 13.9. The number of aryl methyl sites for hydroxylation is 1. The molecule has 1 aromatic heterocycles. The highest BCUT2D eigenvalue weighted by atomic mass is 19.1. The maximum absolute atomic E-state index is 13.9. The van der Waals surface area contributed by atoms with Gasteiger partial charge in [0.1, 0.15) is 11.6 Å². The number of benzene rings is 2. The molecule has 5 nitrogen and oxygen atoms in total. The van der Waals surface area contributed by atoms with Crippen molar-refractivity contribution in [1.82, 2.24) is 15.0 Å². The van der Waals surface area contributed by atoms with Gasteiger partial charge in [0.2, 0.25) is 11.7 Å². The van der Waals surface area contributed by atoms with Crippen molar-refractivity contribution in [3.05, 3.63) is 71.6 Å². The molecule has 3 aromatic rings. The van der Waals surface area contributed by atoms with Crippen LogP contribution in [0.4, 0.5) is 8.78 Å². The van der Waals surface area contributed by atoms with Crippen LogP contribution in [0, 0.1) is 17.6 Å². The van der Waals surface area contributed by atoms with Crippen molar-refractivity contribution in [2.24, 2.45) is 5.92 Å². The van der Waals surface area contributed by atoms with Crippen LogP contribution >= 0.6 is 0 Å². The molecule has 2 aromatic carbocycles. The zero-order valence-electron chi connectivity index (χ0n) is 16.6. The first-order valence-corrected chi connectivity index (χ1v) is 10.2. The monoisotopic (exact) mass is 411 g/mol. The van der Waals surface area contributed by atoms with Gasteiger partial charge in [0.25, 0.3) is 0 Å². The third kappa shape index (κ3) is 4.79. The van der Waals surface area contributed by atoms with Crippen LogP contribution in [0.2, 0.25) is 0 Å². The molecular weight excluding hydrogens is 388 g/mol. The first-order valence-electron chi connectivity index (χ1n) is 10.2. The summed E-state index contributed by atoms with van der Waals surface area (Å²) < 4.78 is 32.6. The van der Waals surface area contributed by atoms with E-state index >= 15 is 0 Å². The topological polar surface area (TPSA) is 59.2 Å². The van der Waals surface area contributed by atoms with E-state index in [1.165, 1.54) is 0 Å². The van der Waals surface area contributed by atoms with Gasteiger partial charge in [-0.1, -0.05) is 35.5 Å². The average Bonchev–Trinajstić information content (AvgIpc) is 3.25. The van der Waals surface area contributed by atoms with Gasteiger partial charge < -0.3 is 9.42 Å². The van der Waals surface area contributed by atoms with E-state index in [1.807, 2.05) is 30.3 Å². The second kappa shape index (κ2) is 9.26. The molecule has 1 saturated heterocycles. The fourth-order valence-corrected chi connectivity index (χ4v) is 3.84. The van der Waals surface area contributed by atoms with Gasteiger partial charge >= 0.3 is 0 Å². The molecule has 1 aliphatic heterocycles. The van der Waals surface area contributed by atoms with Crippen LogP contribution in [-0.2, 0) is 6.42 Å². The zero-order chi connectivity index (χ0) is 20.9. The first kappa shape index (κ1) is 20.3. The van der Waals surface area contributed by atoms with Crippen LogP contribution in [0.5, 0.6) is 0 Å². The SMILES string of the molecule is O=C(c1cc(F)ccc1F)C1CCN(CCCc2nc(-c3ccccc3)no2)CC1. The van der Waals surface area contributed by atoms with Crippen molar-refractivity contribution in [2.45, 2.75) is 25.7 Å². The molecule has 0 atom stereocenters. The number of nitrogens with zero attached hydrogens (tertiary/aromatic N) is 3. The maximum Gasteiger partial charge on any atom is 0.227 e. The Morgan fingerprint density at radius 3 is 2.63 bits per heavy atom. The van der Waals surface area contributed by atoms with Gasteiger partial charge in [0.05, 0.1) is 5.56 Å². The standard InChI is InChI=1S/C23H23F2N3O2/c24-18-8-9-20(25)19(15-18)22(29)16-10-13-28(14-11-16)12-4-7-21-26-23(27-30-21)17-5-2-1-3-6-17/h1-3,5-6,8-9,15-16H,4,7,10-14H2. The van der Waals surface area contributed by atoms with Gasteiger partial charge in [0.15, 0.2) is 5.78 Å². The Hall–Kier alpha value is -2.93. The van der Waals surface area contributed by atoms with Crippen molar-refractivity contribution in [2.75, 3.05) is 19.6 Å². The van der Waals surface area contributed by atoms with E-state index in [4.69, 9.17) is 4.52 Å². The minimum Gasteiger partial charge on any atom is -0.339 e. The van der Waals surface area contributed by atoms with E-state index in [1.54, 1.807) is 0 Å². The second-order valence-electron chi connectivity index (χ2n) is 7.59. The molecule has 0 amide bonds. The lowest BCUT2D eigenvalue weighted by Gasteiger charge is -2.31. The Bertz CT molecular complexity index is 999. The molecule has 0 spiro atoms. The van der Waals surface area contributed by atoms with E-state index in [0.29, 0.717) is 31.0 Å². The van der Waals surface area contributed by atoms with Crippen molar-refractivity contribution in [3.63, 3.8) is 0 Å². The van der Waals surface area contributed by atoms with Gasteiger partial charge in [-0.2, -0.15) is 4.98 Å². The fraction of sp³-hybridized carbons (Fsp3) is 0.348. The summed E-state index contributed by atoms with van der Waals surface area (Å²) in [5, 5.41) is 4.03. The number of piperidine rings is 1. The number of carbonyl (C=O) groups excluding carboxylic acids is 1. The van der Waals surface area contributed by atoms with Crippen molar-refractivity contribution in [1.29, 1.82) is 0 Å². The van der Waals surface area contributed by atoms with E-state index < -0.39 is 11.6 Å². The summed E-state index contributed by atoms with van der Waals surface area (Å²) in [7, 11) is 0. The summed E-state index contributed by atoms with van der Waals surface area (Å²) in [5.41, 5.74) is 0.785. The lowest BCUT2D eigenvalue weighted by atomic mass is 9.88. The van der Waals surface area contributed by atoms with Crippen LogP contribution in [0.25, 0.3) is 11.4 Å². The van der Waals surface area contributed by atoms with Crippen molar-refractivity contribution in [3.8, 4) is 11.4 Å². The summed E-state index contributed by atoms with van der Waals surface area (Å²) >= 11 is 0. The predicted molar refractivity (Wildman–Crippen MR) is 108 cm³/mol. The van der Waals surface area contributed by atoms with E-state index in [-0.39, 0.29) is 17.3 Å². The number of aromatic nitrogens is 2. The highest BCUT2D eigenvalue weighted by Crippen LogP contribution is 2.24. The van der Waals surface area contributed by atoms with Crippen LogP contribution in [0.15, 0.2) is 53.1 Å². The number of likely N-dealkylation sites (tertiary alicyclic amines) is 1. The van der Waals surface area contributed by atoms with Gasteiger partial charge in [-0.25, -0.2) is 8.78 Å². The lowest BCUT2D eigenvalue weighted by molar-refractivity contribution is 0.0834. The van der Waals surface area contributed by atoms with Gasteiger partial charge in [-0.15, -0.1) is 0 Å². The number of hydrogen-bond donors (Lipinski definition) is 0. The van der Waals surface area contributed by atoms with Gasteiger partial charge in [-0.05, 0) is 57.1 Å². The number of rotatable bonds is 7. The third-order valence-electron chi connectivity index (χ3n) is 5.52. The molecule has 0 saturated carbocycles. The predicted octanol–water partition coefficient (Wildman–Crippen LogP) is 4.54. The third-order valence-corrected chi connectivity index (χ3v) is 5.52. The quantitative estimate of drug-likeness (QED) is 0.534. The number of carbonyl (C=O) groups is 1. The highest BCUT2D eigenvalue weighted by molar-refractivity contribution is 5.98. The van der Waals surface area contributed by atoms with Crippen molar-refractivity contribution < 1.29 is 18.1 Å². The Labute approximate surface area is 173 Å². The molecule has 0 unspecified atom stereocenters. The normalized spacial score (nSPS) is 15.4. The molecule has 0 N–H and O–H groups in total. The van der Waals surface area contributed by atoms with E-state index in [2.05, 4.69) is 15.0 Å². The molecular formula is C23H23F2N3O2. The van der Waals surface area contributed by atoms with Gasteiger partial charge in [0, 0.05) is 17.9 Å². The van der Waals surface area contributed by atoms with Crippen molar-refractivity contribution >= 4 is 5.78 Å². The molecule has 30 heavy (non-hydrogen) atoms. The number of hydrogen-bond acceptors (Lipinski definition) is 5. The average molecular weight is 411 g/mol. The van der Waals surface area contributed by atoms with Crippen LogP contribution < -0.4 is 0 Å². The Balaban J connectivity index is 1.23. The van der Waals surface area contributed by atoms with E-state index in [0.717, 1.165) is 49.8 Å². The molecule has 1 aliphatic rings. The number of ketones is 1. The zero-order valence-corrected chi connectivity index (χ0v) is 16.6. The molecule has 0 bridgehead atoms. The molecule has 0 aliphatic carbocycles.